The van der Waals surface area contributed by atoms with E-state index < -0.39 is 20.9 Å². The lowest BCUT2D eigenvalue weighted by molar-refractivity contribution is -0.385. The fourth-order valence-electron chi connectivity index (χ4n) is 2.68. The van der Waals surface area contributed by atoms with Gasteiger partial charge in [-0.3, -0.25) is 14.9 Å². The molecule has 1 amide bonds. The Labute approximate surface area is 162 Å². The van der Waals surface area contributed by atoms with E-state index in [1.54, 1.807) is 12.1 Å². The van der Waals surface area contributed by atoms with Crippen LogP contribution in [0.15, 0.2) is 44.4 Å². The maximum Gasteiger partial charge on any atom is 0.282 e. The summed E-state index contributed by atoms with van der Waals surface area (Å²) >= 11 is 4.38. The number of carbonyl (C=O) groups is 1. The number of hydrogen-bond acceptors (Lipinski definition) is 6. The molecule has 0 saturated carbocycles. The second-order valence-corrected chi connectivity index (χ2v) is 10.2. The first-order valence-corrected chi connectivity index (χ1v) is 10.6. The SMILES string of the molecule is O=C(c1ccccc1[N+](=O)[O-])N1CCN(S(=O)(=O)c2ccc(Br)s2)CC1. The molecule has 1 aliphatic heterocycles. The molecule has 1 aromatic heterocycles. The van der Waals surface area contributed by atoms with Gasteiger partial charge < -0.3 is 4.90 Å². The number of carbonyl (C=O) groups excluding carboxylic acids is 1. The number of hydrogen-bond donors (Lipinski definition) is 0. The highest BCUT2D eigenvalue weighted by atomic mass is 79.9. The molecule has 0 unspecified atom stereocenters. The third-order valence-corrected chi connectivity index (χ3v) is 7.99. The molecule has 1 aromatic carbocycles. The number of halogens is 1. The number of rotatable bonds is 4. The lowest BCUT2D eigenvalue weighted by atomic mass is 10.1. The predicted molar refractivity (Wildman–Crippen MR) is 99.8 cm³/mol. The summed E-state index contributed by atoms with van der Waals surface area (Å²) in [5.74, 6) is -0.465. The van der Waals surface area contributed by atoms with Crippen molar-refractivity contribution in [1.29, 1.82) is 0 Å². The van der Waals surface area contributed by atoms with E-state index in [-0.39, 0.29) is 41.6 Å². The Morgan fingerprint density at radius 2 is 1.77 bits per heavy atom. The molecule has 0 spiro atoms. The van der Waals surface area contributed by atoms with Crippen molar-refractivity contribution in [1.82, 2.24) is 9.21 Å². The molecule has 1 fully saturated rings. The highest BCUT2D eigenvalue weighted by Crippen LogP contribution is 2.29. The van der Waals surface area contributed by atoms with Crippen LogP contribution in [-0.4, -0.2) is 54.6 Å². The predicted octanol–water partition coefficient (Wildman–Crippen LogP) is 2.57. The first kappa shape index (κ1) is 19.0. The van der Waals surface area contributed by atoms with Crippen molar-refractivity contribution in [3.63, 3.8) is 0 Å². The van der Waals surface area contributed by atoms with Gasteiger partial charge in [-0.2, -0.15) is 4.31 Å². The number of amides is 1. The standard InChI is InChI=1S/C15H14BrN3O5S2/c16-13-5-6-14(25-13)26(23,24)18-9-7-17(8-10-18)15(20)11-3-1-2-4-12(11)19(21)22/h1-6H,7-10H2. The van der Waals surface area contributed by atoms with Gasteiger partial charge in [-0.25, -0.2) is 8.42 Å². The van der Waals surface area contributed by atoms with Crippen LogP contribution in [0.25, 0.3) is 0 Å². The molecule has 0 radical (unpaired) electrons. The molecule has 11 heteroatoms. The molecule has 1 aliphatic rings. The van der Waals surface area contributed by atoms with Crippen molar-refractivity contribution in [2.75, 3.05) is 26.2 Å². The molecular weight excluding hydrogens is 446 g/mol. The van der Waals surface area contributed by atoms with Crippen molar-refractivity contribution >= 4 is 48.9 Å². The molecule has 3 rings (SSSR count). The maximum atomic E-state index is 12.6. The van der Waals surface area contributed by atoms with Crippen LogP contribution in [0.2, 0.25) is 0 Å². The number of nitro benzene ring substituents is 1. The zero-order chi connectivity index (χ0) is 18.9. The van der Waals surface area contributed by atoms with Crippen LogP contribution in [0, 0.1) is 10.1 Å². The van der Waals surface area contributed by atoms with Gasteiger partial charge in [-0.1, -0.05) is 12.1 Å². The van der Waals surface area contributed by atoms with Crippen molar-refractivity contribution in [3.05, 3.63) is 55.9 Å². The van der Waals surface area contributed by atoms with Gasteiger partial charge in [0, 0.05) is 32.2 Å². The van der Waals surface area contributed by atoms with Crippen LogP contribution < -0.4 is 0 Å². The molecule has 1 saturated heterocycles. The number of thiophene rings is 1. The molecule has 0 atom stereocenters. The Kier molecular flexibility index (Phi) is 5.42. The van der Waals surface area contributed by atoms with E-state index in [2.05, 4.69) is 15.9 Å². The van der Waals surface area contributed by atoms with Crippen LogP contribution >= 0.6 is 27.3 Å². The first-order chi connectivity index (χ1) is 12.3. The van der Waals surface area contributed by atoms with Crippen molar-refractivity contribution in [2.24, 2.45) is 0 Å². The van der Waals surface area contributed by atoms with Crippen molar-refractivity contribution in [2.45, 2.75) is 4.21 Å². The van der Waals surface area contributed by atoms with Gasteiger partial charge in [0.1, 0.15) is 9.77 Å². The lowest BCUT2D eigenvalue weighted by Gasteiger charge is -2.33. The fourth-order valence-corrected chi connectivity index (χ4v) is 6.27. The van der Waals surface area contributed by atoms with E-state index in [9.17, 15) is 23.3 Å². The molecule has 0 aliphatic carbocycles. The number of nitrogens with zero attached hydrogens (tertiary/aromatic N) is 3. The summed E-state index contributed by atoms with van der Waals surface area (Å²) in [5.41, 5.74) is -0.244. The van der Waals surface area contributed by atoms with E-state index >= 15 is 0 Å². The third-order valence-electron chi connectivity index (χ3n) is 4.00. The largest absolute Gasteiger partial charge is 0.336 e. The zero-order valence-corrected chi connectivity index (χ0v) is 16.6. The van der Waals surface area contributed by atoms with E-state index in [1.165, 1.54) is 33.5 Å². The number of piperazine rings is 1. The van der Waals surface area contributed by atoms with E-state index in [4.69, 9.17) is 0 Å². The van der Waals surface area contributed by atoms with Gasteiger partial charge in [-0.05, 0) is 34.1 Å². The Bertz CT molecular complexity index is 952. The van der Waals surface area contributed by atoms with Crippen LogP contribution in [0.3, 0.4) is 0 Å². The van der Waals surface area contributed by atoms with E-state index in [1.807, 2.05) is 0 Å². The average molecular weight is 460 g/mol. The highest BCUT2D eigenvalue weighted by Gasteiger charge is 2.32. The Morgan fingerprint density at radius 3 is 2.35 bits per heavy atom. The smallest absolute Gasteiger partial charge is 0.282 e. The summed E-state index contributed by atoms with van der Waals surface area (Å²) in [5, 5.41) is 11.1. The summed E-state index contributed by atoms with van der Waals surface area (Å²) in [6.45, 7) is 0.641. The van der Waals surface area contributed by atoms with Crippen LogP contribution in [0.4, 0.5) is 5.69 Å². The molecule has 2 aromatic rings. The topological polar surface area (TPSA) is 101 Å². The molecule has 138 valence electrons. The van der Waals surface area contributed by atoms with Gasteiger partial charge >= 0.3 is 0 Å². The number of benzene rings is 1. The van der Waals surface area contributed by atoms with Crippen molar-refractivity contribution < 1.29 is 18.1 Å². The summed E-state index contributed by atoms with van der Waals surface area (Å²) in [4.78, 5) is 24.5. The molecular formula is C15H14BrN3O5S2. The summed E-state index contributed by atoms with van der Waals surface area (Å²) < 4.78 is 27.5. The normalized spacial score (nSPS) is 15.8. The molecule has 0 bridgehead atoms. The summed E-state index contributed by atoms with van der Waals surface area (Å²) in [7, 11) is -3.60. The van der Waals surface area contributed by atoms with Gasteiger partial charge in [0.25, 0.3) is 21.6 Å². The monoisotopic (exact) mass is 459 g/mol. The van der Waals surface area contributed by atoms with Gasteiger partial charge in [0.2, 0.25) is 0 Å². The molecule has 8 nitrogen and oxygen atoms in total. The van der Waals surface area contributed by atoms with Crippen LogP contribution in [-0.2, 0) is 10.0 Å². The number of nitro groups is 1. The van der Waals surface area contributed by atoms with Gasteiger partial charge in [0.15, 0.2) is 0 Å². The van der Waals surface area contributed by atoms with Crippen LogP contribution in [0.5, 0.6) is 0 Å². The van der Waals surface area contributed by atoms with E-state index in [0.717, 1.165) is 15.1 Å². The van der Waals surface area contributed by atoms with Crippen LogP contribution in [0.1, 0.15) is 10.4 Å². The minimum absolute atomic E-state index is 0.0102. The highest BCUT2D eigenvalue weighted by molar-refractivity contribution is 9.11. The summed E-state index contributed by atoms with van der Waals surface area (Å²) in [6, 6.07) is 8.96. The second kappa shape index (κ2) is 7.43. The lowest BCUT2D eigenvalue weighted by Crippen LogP contribution is -2.50. The maximum absolute atomic E-state index is 12.6. The Morgan fingerprint density at radius 1 is 1.12 bits per heavy atom. The molecule has 26 heavy (non-hydrogen) atoms. The minimum Gasteiger partial charge on any atom is -0.336 e. The van der Waals surface area contributed by atoms with Gasteiger partial charge in [-0.15, -0.1) is 11.3 Å². The number of sulfonamides is 1. The molecule has 0 N–H and O–H groups in total. The third kappa shape index (κ3) is 3.65. The Hall–Kier alpha value is -1.82. The minimum atomic E-state index is -3.60. The number of para-hydroxylation sites is 1. The first-order valence-electron chi connectivity index (χ1n) is 7.59. The second-order valence-electron chi connectivity index (χ2n) is 5.53. The fraction of sp³-hybridized carbons (Fsp3) is 0.267. The van der Waals surface area contributed by atoms with E-state index in [0.29, 0.717) is 0 Å². The average Bonchev–Trinajstić information content (AvgIpc) is 3.08. The quantitative estimate of drug-likeness (QED) is 0.516. The Balaban J connectivity index is 1.73. The van der Waals surface area contributed by atoms with Gasteiger partial charge in [0.05, 0.1) is 8.71 Å². The molecule has 2 heterocycles. The van der Waals surface area contributed by atoms with Crippen molar-refractivity contribution in [3.8, 4) is 0 Å². The summed E-state index contributed by atoms with van der Waals surface area (Å²) in [6.07, 6.45) is 0. The zero-order valence-electron chi connectivity index (χ0n) is 13.4.